The number of nitrogens with one attached hydrogen (secondary N) is 2. The molecule has 0 fully saturated rings. The van der Waals surface area contributed by atoms with Gasteiger partial charge in [0.05, 0.1) is 25.7 Å². The highest BCUT2D eigenvalue weighted by molar-refractivity contribution is 5.88. The Hall–Kier alpha value is -1.67. The Labute approximate surface area is 276 Å². The second-order valence-electron chi connectivity index (χ2n) is 13.8. The Kier molecular flexibility index (Phi) is 29.8. The van der Waals surface area contributed by atoms with Crippen LogP contribution < -0.4 is 10.6 Å². The maximum absolute atomic E-state index is 12.6. The lowest BCUT2D eigenvalue weighted by Gasteiger charge is -2.18. The first-order chi connectivity index (χ1) is 21.7. The normalized spacial score (nSPS) is 13.5. The van der Waals surface area contributed by atoms with E-state index < -0.39 is 24.5 Å². The van der Waals surface area contributed by atoms with Crippen molar-refractivity contribution in [3.8, 4) is 0 Å². The summed E-state index contributed by atoms with van der Waals surface area (Å²) in [6.07, 6.45) is 27.4. The summed E-state index contributed by atoms with van der Waals surface area (Å²) in [7, 11) is 0. The fourth-order valence-electron chi connectivity index (χ4n) is 5.84. The first-order valence-electron chi connectivity index (χ1n) is 18.7. The van der Waals surface area contributed by atoms with Crippen molar-refractivity contribution in [1.82, 2.24) is 10.6 Å². The molecule has 2 amide bonds. The maximum atomic E-state index is 12.6. The summed E-state index contributed by atoms with van der Waals surface area (Å²) in [4.78, 5) is 35.6. The zero-order chi connectivity index (χ0) is 33.5. The molecule has 0 aliphatic rings. The lowest BCUT2D eigenvalue weighted by Crippen LogP contribution is -2.47. The van der Waals surface area contributed by atoms with Crippen molar-refractivity contribution in [3.63, 3.8) is 0 Å². The summed E-state index contributed by atoms with van der Waals surface area (Å²) in [5, 5.41) is 22.8. The van der Waals surface area contributed by atoms with Gasteiger partial charge in [0.15, 0.2) is 0 Å². The number of ether oxygens (including phenoxy) is 1. The largest absolute Gasteiger partial charge is 0.480 e. The van der Waals surface area contributed by atoms with Crippen LogP contribution in [0.2, 0.25) is 0 Å². The highest BCUT2D eigenvalue weighted by atomic mass is 16.5. The number of hydrogen-bond donors (Lipinski definition) is 4. The van der Waals surface area contributed by atoms with E-state index in [1.165, 1.54) is 109 Å². The van der Waals surface area contributed by atoms with Crippen LogP contribution in [-0.2, 0) is 19.1 Å². The van der Waals surface area contributed by atoms with Gasteiger partial charge >= 0.3 is 5.97 Å². The van der Waals surface area contributed by atoms with Gasteiger partial charge in [-0.3, -0.25) is 9.59 Å². The third kappa shape index (κ3) is 29.5. The number of aliphatic hydroxyl groups is 1. The van der Waals surface area contributed by atoms with Crippen LogP contribution in [0.4, 0.5) is 0 Å². The van der Waals surface area contributed by atoms with E-state index in [-0.39, 0.29) is 25.0 Å². The second-order valence-corrected chi connectivity index (χ2v) is 13.8. The highest BCUT2D eigenvalue weighted by Crippen LogP contribution is 2.18. The fraction of sp³-hybridized carbons (Fsp3) is 0.919. The second kappa shape index (κ2) is 31.0. The summed E-state index contributed by atoms with van der Waals surface area (Å²) in [6, 6.07) is -1.38. The Balaban J connectivity index is 4.29. The number of carboxylic acid groups (broad SMARTS) is 1. The molecule has 3 atom stereocenters. The minimum absolute atomic E-state index is 0.183. The standard InChI is InChI=1S/C37H72N2O6/c1-5-23-32(4)25-20-16-12-10-13-17-21-26-33(28-35(41)38-29-36(42)39-34(30-40)37(43)44)45-27-22-18-14-9-7-6-8-11-15-19-24-31(2)3/h31-34,40H,5-30H2,1-4H3,(H,38,41)(H,39,42)(H,43,44)/t32?,33?,34-/m0/s1. The molecule has 0 saturated carbocycles. The Bertz CT molecular complexity index is 717. The van der Waals surface area contributed by atoms with Crippen LogP contribution in [0, 0.1) is 11.8 Å². The van der Waals surface area contributed by atoms with Crippen molar-refractivity contribution < 1.29 is 29.3 Å². The molecule has 0 bridgehead atoms. The molecule has 0 spiro atoms. The zero-order valence-corrected chi connectivity index (χ0v) is 29.7. The van der Waals surface area contributed by atoms with Gasteiger partial charge in [0.1, 0.15) is 6.04 Å². The average molecular weight is 641 g/mol. The molecule has 0 saturated heterocycles. The summed E-state index contributed by atoms with van der Waals surface area (Å²) < 4.78 is 6.16. The molecular weight excluding hydrogens is 568 g/mol. The smallest absolute Gasteiger partial charge is 0.328 e. The van der Waals surface area contributed by atoms with Crippen molar-refractivity contribution in [2.24, 2.45) is 11.8 Å². The zero-order valence-electron chi connectivity index (χ0n) is 29.7. The van der Waals surface area contributed by atoms with Gasteiger partial charge in [0.25, 0.3) is 0 Å². The van der Waals surface area contributed by atoms with E-state index in [0.717, 1.165) is 43.9 Å². The molecule has 0 aromatic rings. The molecule has 0 aromatic carbocycles. The van der Waals surface area contributed by atoms with Crippen molar-refractivity contribution >= 4 is 17.8 Å². The van der Waals surface area contributed by atoms with Crippen LogP contribution >= 0.6 is 0 Å². The van der Waals surface area contributed by atoms with Crippen LogP contribution in [0.3, 0.4) is 0 Å². The number of amides is 2. The lowest BCUT2D eigenvalue weighted by atomic mass is 9.98. The van der Waals surface area contributed by atoms with Gasteiger partial charge in [-0.1, -0.05) is 156 Å². The fourth-order valence-corrected chi connectivity index (χ4v) is 5.84. The lowest BCUT2D eigenvalue weighted by molar-refractivity contribution is -0.142. The highest BCUT2D eigenvalue weighted by Gasteiger charge is 2.20. The van der Waals surface area contributed by atoms with E-state index in [0.29, 0.717) is 6.61 Å². The van der Waals surface area contributed by atoms with Crippen molar-refractivity contribution in [2.75, 3.05) is 19.8 Å². The van der Waals surface area contributed by atoms with Crippen LogP contribution in [-0.4, -0.2) is 59.9 Å². The number of carboxylic acids is 1. The molecule has 0 aliphatic heterocycles. The van der Waals surface area contributed by atoms with Crippen molar-refractivity contribution in [3.05, 3.63) is 0 Å². The molecule has 2 unspecified atom stereocenters. The summed E-state index contributed by atoms with van der Waals surface area (Å²) in [6.45, 7) is 8.82. The molecule has 0 radical (unpaired) electrons. The maximum Gasteiger partial charge on any atom is 0.328 e. The molecule has 4 N–H and O–H groups in total. The molecule has 0 heterocycles. The third-order valence-electron chi connectivity index (χ3n) is 8.71. The van der Waals surface area contributed by atoms with Gasteiger partial charge < -0.3 is 25.6 Å². The first-order valence-corrected chi connectivity index (χ1v) is 18.7. The first kappa shape index (κ1) is 43.3. The molecule has 0 rings (SSSR count). The Morgan fingerprint density at radius 1 is 0.644 bits per heavy atom. The molecule has 0 aromatic heterocycles. The number of hydrogen-bond acceptors (Lipinski definition) is 5. The molecule has 8 nitrogen and oxygen atoms in total. The molecule has 45 heavy (non-hydrogen) atoms. The quantitative estimate of drug-likeness (QED) is 0.0535. The topological polar surface area (TPSA) is 125 Å². The van der Waals surface area contributed by atoms with E-state index >= 15 is 0 Å². The summed E-state index contributed by atoms with van der Waals surface area (Å²) in [5.41, 5.74) is 0. The van der Waals surface area contributed by atoms with Gasteiger partial charge in [0, 0.05) is 6.61 Å². The number of aliphatic carboxylic acids is 1. The minimum Gasteiger partial charge on any atom is -0.480 e. The number of carbonyl (C=O) groups is 3. The monoisotopic (exact) mass is 641 g/mol. The van der Waals surface area contributed by atoms with Gasteiger partial charge in [-0.25, -0.2) is 4.79 Å². The summed E-state index contributed by atoms with van der Waals surface area (Å²) >= 11 is 0. The average Bonchev–Trinajstić information content (AvgIpc) is 2.99. The van der Waals surface area contributed by atoms with Gasteiger partial charge in [-0.05, 0) is 24.7 Å². The Morgan fingerprint density at radius 2 is 1.13 bits per heavy atom. The van der Waals surface area contributed by atoms with E-state index in [2.05, 4.69) is 38.3 Å². The van der Waals surface area contributed by atoms with Crippen molar-refractivity contribution in [2.45, 2.75) is 188 Å². The molecule has 8 heteroatoms. The van der Waals surface area contributed by atoms with Crippen LogP contribution in [0.25, 0.3) is 0 Å². The Morgan fingerprint density at radius 3 is 1.62 bits per heavy atom. The van der Waals surface area contributed by atoms with Crippen LogP contribution in [0.1, 0.15) is 175 Å². The predicted octanol–water partition coefficient (Wildman–Crippen LogP) is 8.33. The number of aliphatic hydroxyl groups excluding tert-OH is 1. The molecule has 266 valence electrons. The molecule has 0 aliphatic carbocycles. The molecular formula is C37H72N2O6. The number of carbonyl (C=O) groups excluding carboxylic acids is 2. The third-order valence-corrected chi connectivity index (χ3v) is 8.71. The van der Waals surface area contributed by atoms with E-state index in [1.54, 1.807) is 0 Å². The van der Waals surface area contributed by atoms with E-state index in [4.69, 9.17) is 14.9 Å². The summed E-state index contributed by atoms with van der Waals surface area (Å²) in [5.74, 6) is -0.582. The minimum atomic E-state index is -1.38. The SMILES string of the molecule is CCCC(C)CCCCCCCCCC(CC(=O)NCC(=O)N[C@@H](CO)C(=O)O)OCCCCCCCCCCCCC(C)C. The van der Waals surface area contributed by atoms with E-state index in [1.807, 2.05) is 0 Å². The number of rotatable bonds is 33. The predicted molar refractivity (Wildman–Crippen MR) is 185 cm³/mol. The van der Waals surface area contributed by atoms with E-state index in [9.17, 15) is 14.4 Å². The van der Waals surface area contributed by atoms with Crippen molar-refractivity contribution in [1.29, 1.82) is 0 Å². The number of unbranched alkanes of at least 4 members (excludes halogenated alkanes) is 15. The van der Waals surface area contributed by atoms with Gasteiger partial charge in [0.2, 0.25) is 11.8 Å². The van der Waals surface area contributed by atoms with Crippen LogP contribution in [0.15, 0.2) is 0 Å². The van der Waals surface area contributed by atoms with Gasteiger partial charge in [-0.2, -0.15) is 0 Å². The van der Waals surface area contributed by atoms with Gasteiger partial charge in [-0.15, -0.1) is 0 Å². The van der Waals surface area contributed by atoms with Crippen LogP contribution in [0.5, 0.6) is 0 Å².